The minimum atomic E-state index is -0.129. The van der Waals surface area contributed by atoms with Crippen molar-refractivity contribution in [1.82, 2.24) is 10.2 Å². The predicted octanol–water partition coefficient (Wildman–Crippen LogP) is 3.26. The Kier molecular flexibility index (Phi) is 7.71. The molecule has 1 aliphatic rings. The average molecular weight is 411 g/mol. The molecule has 0 spiro atoms. The predicted molar refractivity (Wildman–Crippen MR) is 116 cm³/mol. The third-order valence-corrected chi connectivity index (χ3v) is 5.23. The van der Waals surface area contributed by atoms with Crippen molar-refractivity contribution < 1.29 is 19.1 Å². The lowest BCUT2D eigenvalue weighted by Crippen LogP contribution is -2.47. The molecule has 1 N–H and O–H groups in total. The summed E-state index contributed by atoms with van der Waals surface area (Å²) in [5, 5.41) is 3.02. The molecule has 1 fully saturated rings. The van der Waals surface area contributed by atoms with Crippen LogP contribution in [-0.4, -0.2) is 49.1 Å². The summed E-state index contributed by atoms with van der Waals surface area (Å²) in [5.74, 6) is 1.47. The summed E-state index contributed by atoms with van der Waals surface area (Å²) in [5.41, 5.74) is 2.18. The maximum atomic E-state index is 12.4. The number of carbonyl (C=O) groups excluding carboxylic acids is 2. The van der Waals surface area contributed by atoms with Crippen molar-refractivity contribution in [3.05, 3.63) is 59.7 Å². The van der Waals surface area contributed by atoms with E-state index in [0.29, 0.717) is 26.1 Å². The molecule has 1 heterocycles. The fraction of sp³-hybridized carbons (Fsp3) is 0.417. The summed E-state index contributed by atoms with van der Waals surface area (Å²) < 4.78 is 11.2. The minimum Gasteiger partial charge on any atom is -0.493 e. The van der Waals surface area contributed by atoms with Crippen LogP contribution in [0.2, 0.25) is 0 Å². The molecule has 3 rings (SSSR count). The molecular weight excluding hydrogens is 380 g/mol. The zero-order chi connectivity index (χ0) is 21.3. The fourth-order valence-electron chi connectivity index (χ4n) is 3.58. The number of hydrogen-bond acceptors (Lipinski definition) is 4. The zero-order valence-corrected chi connectivity index (χ0v) is 17.7. The van der Waals surface area contributed by atoms with Crippen LogP contribution in [0, 0.1) is 13.8 Å². The SMILES string of the molecule is Cc1ccc(OCC(=O)NC2CCN(C(=O)CCOc3ccccc3)CC2)c(C)c1. The van der Waals surface area contributed by atoms with Gasteiger partial charge >= 0.3 is 0 Å². The number of likely N-dealkylation sites (tertiary alicyclic amines) is 1. The molecule has 6 heteroatoms. The topological polar surface area (TPSA) is 67.9 Å². The van der Waals surface area contributed by atoms with Gasteiger partial charge < -0.3 is 19.7 Å². The molecule has 6 nitrogen and oxygen atoms in total. The summed E-state index contributed by atoms with van der Waals surface area (Å²) in [7, 11) is 0. The number of nitrogens with zero attached hydrogens (tertiary/aromatic N) is 1. The van der Waals surface area contributed by atoms with E-state index in [2.05, 4.69) is 5.32 Å². The van der Waals surface area contributed by atoms with Crippen molar-refractivity contribution in [1.29, 1.82) is 0 Å². The van der Waals surface area contributed by atoms with Gasteiger partial charge in [-0.2, -0.15) is 0 Å². The van der Waals surface area contributed by atoms with Gasteiger partial charge in [0.05, 0.1) is 13.0 Å². The van der Waals surface area contributed by atoms with Crippen LogP contribution in [0.1, 0.15) is 30.4 Å². The third kappa shape index (κ3) is 6.51. The molecule has 0 unspecified atom stereocenters. The molecule has 2 aromatic carbocycles. The van der Waals surface area contributed by atoms with Crippen molar-refractivity contribution in [3.8, 4) is 11.5 Å². The lowest BCUT2D eigenvalue weighted by atomic mass is 10.0. The second kappa shape index (κ2) is 10.7. The van der Waals surface area contributed by atoms with E-state index in [1.165, 1.54) is 0 Å². The number of aryl methyl sites for hydroxylation is 2. The van der Waals surface area contributed by atoms with E-state index in [1.54, 1.807) is 0 Å². The molecule has 0 aromatic heterocycles. The Morgan fingerprint density at radius 2 is 1.77 bits per heavy atom. The second-order valence-electron chi connectivity index (χ2n) is 7.69. The number of nitrogens with one attached hydrogen (secondary N) is 1. The molecular formula is C24H30N2O4. The Morgan fingerprint density at radius 1 is 1.03 bits per heavy atom. The third-order valence-electron chi connectivity index (χ3n) is 5.23. The summed E-state index contributed by atoms with van der Waals surface area (Å²) in [6, 6.07) is 15.5. The summed E-state index contributed by atoms with van der Waals surface area (Å²) in [4.78, 5) is 26.4. The number of rotatable bonds is 8. The quantitative estimate of drug-likeness (QED) is 0.725. The number of ether oxygens (including phenoxy) is 2. The smallest absolute Gasteiger partial charge is 0.258 e. The maximum Gasteiger partial charge on any atom is 0.258 e. The Labute approximate surface area is 178 Å². The first-order chi connectivity index (χ1) is 14.5. The fourth-order valence-corrected chi connectivity index (χ4v) is 3.58. The van der Waals surface area contributed by atoms with Crippen LogP contribution in [0.15, 0.2) is 48.5 Å². The summed E-state index contributed by atoms with van der Waals surface area (Å²) in [6.45, 7) is 5.66. The number of carbonyl (C=O) groups is 2. The maximum absolute atomic E-state index is 12.4. The molecule has 30 heavy (non-hydrogen) atoms. The molecule has 0 saturated carbocycles. The van der Waals surface area contributed by atoms with Crippen molar-refractivity contribution in [2.24, 2.45) is 0 Å². The van der Waals surface area contributed by atoms with E-state index in [0.717, 1.165) is 35.5 Å². The highest BCUT2D eigenvalue weighted by molar-refractivity contribution is 5.78. The molecule has 160 valence electrons. The monoisotopic (exact) mass is 410 g/mol. The Morgan fingerprint density at radius 3 is 2.47 bits per heavy atom. The van der Waals surface area contributed by atoms with E-state index in [-0.39, 0.29) is 24.5 Å². The highest BCUT2D eigenvalue weighted by atomic mass is 16.5. The van der Waals surface area contributed by atoms with E-state index >= 15 is 0 Å². The molecule has 0 bridgehead atoms. The average Bonchev–Trinajstić information content (AvgIpc) is 2.74. The van der Waals surface area contributed by atoms with E-state index in [1.807, 2.05) is 67.3 Å². The zero-order valence-electron chi connectivity index (χ0n) is 17.7. The molecule has 2 aromatic rings. The van der Waals surface area contributed by atoms with Crippen molar-refractivity contribution in [3.63, 3.8) is 0 Å². The van der Waals surface area contributed by atoms with Gasteiger partial charge in [0.2, 0.25) is 5.91 Å². The van der Waals surface area contributed by atoms with Gasteiger partial charge in [0.15, 0.2) is 6.61 Å². The minimum absolute atomic E-state index is 0.000128. The van der Waals surface area contributed by atoms with Gasteiger partial charge in [-0.15, -0.1) is 0 Å². The number of para-hydroxylation sites is 1. The van der Waals surface area contributed by atoms with Gasteiger partial charge in [0, 0.05) is 19.1 Å². The van der Waals surface area contributed by atoms with E-state index in [4.69, 9.17) is 9.47 Å². The van der Waals surface area contributed by atoms with Crippen LogP contribution >= 0.6 is 0 Å². The van der Waals surface area contributed by atoms with Crippen molar-refractivity contribution in [2.75, 3.05) is 26.3 Å². The van der Waals surface area contributed by atoms with Crippen LogP contribution < -0.4 is 14.8 Å². The Bertz CT molecular complexity index is 846. The van der Waals surface area contributed by atoms with Crippen LogP contribution in [0.3, 0.4) is 0 Å². The van der Waals surface area contributed by atoms with Crippen LogP contribution in [0.25, 0.3) is 0 Å². The van der Waals surface area contributed by atoms with Crippen molar-refractivity contribution in [2.45, 2.75) is 39.2 Å². The van der Waals surface area contributed by atoms with Gasteiger partial charge in [-0.3, -0.25) is 9.59 Å². The van der Waals surface area contributed by atoms with Gasteiger partial charge in [0.25, 0.3) is 5.91 Å². The first kappa shape index (κ1) is 21.7. The molecule has 1 saturated heterocycles. The Balaban J connectivity index is 1.33. The second-order valence-corrected chi connectivity index (χ2v) is 7.69. The first-order valence-electron chi connectivity index (χ1n) is 10.5. The molecule has 2 amide bonds. The summed E-state index contributed by atoms with van der Waals surface area (Å²) >= 11 is 0. The van der Waals surface area contributed by atoms with Gasteiger partial charge in [0.1, 0.15) is 11.5 Å². The van der Waals surface area contributed by atoms with Gasteiger partial charge in [-0.25, -0.2) is 0 Å². The molecule has 1 aliphatic heterocycles. The highest BCUT2D eigenvalue weighted by Gasteiger charge is 2.23. The number of piperidine rings is 1. The van der Waals surface area contributed by atoms with Gasteiger partial charge in [-0.05, 0) is 50.5 Å². The number of hydrogen-bond donors (Lipinski definition) is 1. The van der Waals surface area contributed by atoms with Crippen molar-refractivity contribution >= 4 is 11.8 Å². The van der Waals surface area contributed by atoms with Crippen LogP contribution in [0.4, 0.5) is 0 Å². The normalized spacial score (nSPS) is 14.3. The lowest BCUT2D eigenvalue weighted by Gasteiger charge is -2.32. The molecule has 0 aliphatic carbocycles. The lowest BCUT2D eigenvalue weighted by molar-refractivity contribution is -0.133. The number of amides is 2. The molecule has 0 atom stereocenters. The highest BCUT2D eigenvalue weighted by Crippen LogP contribution is 2.18. The van der Waals surface area contributed by atoms with Crippen LogP contribution in [0.5, 0.6) is 11.5 Å². The van der Waals surface area contributed by atoms with Crippen LogP contribution in [-0.2, 0) is 9.59 Å². The first-order valence-corrected chi connectivity index (χ1v) is 10.5. The van der Waals surface area contributed by atoms with Gasteiger partial charge in [-0.1, -0.05) is 35.9 Å². The number of benzene rings is 2. The summed E-state index contributed by atoms with van der Waals surface area (Å²) in [6.07, 6.45) is 1.86. The van der Waals surface area contributed by atoms with E-state index < -0.39 is 0 Å². The Hall–Kier alpha value is -3.02. The van der Waals surface area contributed by atoms with E-state index in [9.17, 15) is 9.59 Å². The largest absolute Gasteiger partial charge is 0.493 e. The standard InChI is InChI=1S/C24H30N2O4/c1-18-8-9-22(19(2)16-18)30-17-23(27)25-20-10-13-26(14-11-20)24(28)12-15-29-21-6-4-3-5-7-21/h3-9,16,20H,10-15,17H2,1-2H3,(H,25,27). The molecule has 0 radical (unpaired) electrons.